The first-order valence-corrected chi connectivity index (χ1v) is 6.78. The number of nitrogens with zero attached hydrogens (tertiary/aromatic N) is 1. The van der Waals surface area contributed by atoms with E-state index in [0.717, 1.165) is 17.7 Å². The molecule has 1 N–H and O–H groups in total. The fraction of sp³-hybridized carbons (Fsp3) is 0.143. The molecule has 4 nitrogen and oxygen atoms in total. The third-order valence-corrected chi connectivity index (χ3v) is 3.42. The molecule has 104 valence electrons. The molecule has 0 radical (unpaired) electrons. The van der Waals surface area contributed by atoms with Crippen LogP contribution >= 0.6 is 15.9 Å². The van der Waals surface area contributed by atoms with E-state index >= 15 is 0 Å². The Balaban J connectivity index is 1.89. The minimum atomic E-state index is -0.419. The van der Waals surface area contributed by atoms with Gasteiger partial charge in [0, 0.05) is 24.4 Å². The van der Waals surface area contributed by atoms with E-state index in [1.165, 1.54) is 18.2 Å². The van der Waals surface area contributed by atoms with Gasteiger partial charge in [-0.25, -0.2) is 4.39 Å². The average molecular weight is 339 g/mol. The van der Waals surface area contributed by atoms with Crippen LogP contribution in [0.2, 0.25) is 0 Å². The lowest BCUT2D eigenvalue weighted by Gasteiger charge is -2.07. The zero-order valence-electron chi connectivity index (χ0n) is 10.5. The van der Waals surface area contributed by atoms with Crippen molar-refractivity contribution < 1.29 is 9.31 Å². The minimum Gasteiger partial charge on any atom is -0.385 e. The molecule has 2 rings (SSSR count). The van der Waals surface area contributed by atoms with Crippen molar-refractivity contribution in [1.82, 2.24) is 0 Å². The lowest BCUT2D eigenvalue weighted by molar-refractivity contribution is -0.384. The van der Waals surface area contributed by atoms with Crippen LogP contribution in [0.5, 0.6) is 0 Å². The molecule has 0 fully saturated rings. The molecule has 0 unspecified atom stereocenters. The van der Waals surface area contributed by atoms with Crippen LogP contribution in [0.3, 0.4) is 0 Å². The monoisotopic (exact) mass is 338 g/mol. The van der Waals surface area contributed by atoms with E-state index in [1.807, 2.05) is 0 Å². The summed E-state index contributed by atoms with van der Waals surface area (Å²) in [6, 6.07) is 11.2. The van der Waals surface area contributed by atoms with Gasteiger partial charge in [-0.05, 0) is 46.1 Å². The maximum absolute atomic E-state index is 13.1. The van der Waals surface area contributed by atoms with Crippen molar-refractivity contribution in [2.24, 2.45) is 0 Å². The van der Waals surface area contributed by atoms with E-state index < -0.39 is 4.92 Å². The molecule has 6 heteroatoms. The number of non-ortho nitro benzene ring substituents is 1. The zero-order chi connectivity index (χ0) is 14.5. The fourth-order valence-corrected chi connectivity index (χ4v) is 2.12. The number of halogens is 2. The van der Waals surface area contributed by atoms with Crippen LogP contribution in [0.25, 0.3) is 0 Å². The van der Waals surface area contributed by atoms with Crippen LogP contribution in [0, 0.1) is 15.9 Å². The Morgan fingerprint density at radius 3 is 2.50 bits per heavy atom. The Hall–Kier alpha value is -1.95. The van der Waals surface area contributed by atoms with Gasteiger partial charge in [-0.1, -0.05) is 12.1 Å². The first-order valence-electron chi connectivity index (χ1n) is 5.98. The van der Waals surface area contributed by atoms with E-state index in [2.05, 4.69) is 21.2 Å². The highest BCUT2D eigenvalue weighted by molar-refractivity contribution is 9.10. The van der Waals surface area contributed by atoms with Crippen molar-refractivity contribution in [3.05, 3.63) is 68.4 Å². The highest BCUT2D eigenvalue weighted by Crippen LogP contribution is 2.20. The smallest absolute Gasteiger partial charge is 0.269 e. The first kappa shape index (κ1) is 14.5. The second-order valence-corrected chi connectivity index (χ2v) is 5.08. The summed E-state index contributed by atoms with van der Waals surface area (Å²) < 4.78 is 13.5. The summed E-state index contributed by atoms with van der Waals surface area (Å²) in [6.07, 6.45) is 0.729. The van der Waals surface area contributed by atoms with E-state index in [0.29, 0.717) is 11.0 Å². The zero-order valence-corrected chi connectivity index (χ0v) is 12.1. The third kappa shape index (κ3) is 3.77. The predicted molar refractivity (Wildman–Crippen MR) is 79.4 cm³/mol. The molecule has 0 amide bonds. The summed E-state index contributed by atoms with van der Waals surface area (Å²) in [6.45, 7) is 0.663. The van der Waals surface area contributed by atoms with Crippen LogP contribution in [0.15, 0.2) is 46.9 Å². The lowest BCUT2D eigenvalue weighted by atomic mass is 10.1. The van der Waals surface area contributed by atoms with Crippen molar-refractivity contribution in [1.29, 1.82) is 0 Å². The molecule has 0 atom stereocenters. The average Bonchev–Trinajstić information content (AvgIpc) is 2.43. The standard InChI is InChI=1S/C14H12BrFN2O2/c15-13-9-11(3-6-14(13)16)17-8-7-10-1-4-12(5-2-10)18(19)20/h1-6,9,17H,7-8H2. The van der Waals surface area contributed by atoms with Gasteiger partial charge in [-0.3, -0.25) is 10.1 Å². The summed E-state index contributed by atoms with van der Waals surface area (Å²) in [5.74, 6) is -0.300. The molecule has 0 aliphatic rings. The van der Waals surface area contributed by atoms with E-state index in [1.54, 1.807) is 24.3 Å². The normalized spacial score (nSPS) is 10.3. The number of nitrogens with one attached hydrogen (secondary N) is 1. The van der Waals surface area contributed by atoms with Gasteiger partial charge < -0.3 is 5.32 Å². The molecule has 2 aromatic carbocycles. The Morgan fingerprint density at radius 1 is 1.20 bits per heavy atom. The quantitative estimate of drug-likeness (QED) is 0.658. The lowest BCUT2D eigenvalue weighted by Crippen LogP contribution is -2.05. The van der Waals surface area contributed by atoms with Crippen molar-refractivity contribution in [2.45, 2.75) is 6.42 Å². The van der Waals surface area contributed by atoms with Gasteiger partial charge in [0.1, 0.15) is 5.82 Å². The van der Waals surface area contributed by atoms with Gasteiger partial charge >= 0.3 is 0 Å². The number of rotatable bonds is 5. The molecule has 20 heavy (non-hydrogen) atoms. The summed E-state index contributed by atoms with van der Waals surface area (Å²) in [7, 11) is 0. The number of nitro groups is 1. The topological polar surface area (TPSA) is 55.2 Å². The Kier molecular flexibility index (Phi) is 4.68. The molecule has 0 saturated heterocycles. The summed E-state index contributed by atoms with van der Waals surface area (Å²) >= 11 is 3.13. The van der Waals surface area contributed by atoms with Gasteiger partial charge in [0.15, 0.2) is 0 Å². The van der Waals surface area contributed by atoms with Crippen molar-refractivity contribution >= 4 is 27.3 Å². The highest BCUT2D eigenvalue weighted by atomic mass is 79.9. The molecule has 0 heterocycles. The van der Waals surface area contributed by atoms with Gasteiger partial charge in [0.25, 0.3) is 5.69 Å². The number of nitro benzene ring substituents is 1. The fourth-order valence-electron chi connectivity index (χ4n) is 1.74. The number of anilines is 1. The van der Waals surface area contributed by atoms with E-state index in [-0.39, 0.29) is 11.5 Å². The van der Waals surface area contributed by atoms with Crippen LogP contribution in [-0.4, -0.2) is 11.5 Å². The van der Waals surface area contributed by atoms with E-state index in [9.17, 15) is 14.5 Å². The Morgan fingerprint density at radius 2 is 1.90 bits per heavy atom. The van der Waals surface area contributed by atoms with Gasteiger partial charge in [-0.2, -0.15) is 0 Å². The number of hydrogen-bond acceptors (Lipinski definition) is 3. The minimum absolute atomic E-state index is 0.0872. The largest absolute Gasteiger partial charge is 0.385 e. The van der Waals surface area contributed by atoms with Crippen LogP contribution in [-0.2, 0) is 6.42 Å². The number of hydrogen-bond donors (Lipinski definition) is 1. The van der Waals surface area contributed by atoms with Crippen molar-refractivity contribution in [3.8, 4) is 0 Å². The summed E-state index contributed by atoms with van der Waals surface area (Å²) in [4.78, 5) is 10.1. The van der Waals surface area contributed by atoms with Gasteiger partial charge in [0.2, 0.25) is 0 Å². The maximum Gasteiger partial charge on any atom is 0.269 e. The van der Waals surface area contributed by atoms with Crippen LogP contribution in [0.4, 0.5) is 15.8 Å². The molecule has 0 saturated carbocycles. The SMILES string of the molecule is O=[N+]([O-])c1ccc(CCNc2ccc(F)c(Br)c2)cc1. The number of benzene rings is 2. The maximum atomic E-state index is 13.1. The second kappa shape index (κ2) is 6.47. The second-order valence-electron chi connectivity index (χ2n) is 4.23. The predicted octanol–water partition coefficient (Wildman–Crippen LogP) is 4.15. The van der Waals surface area contributed by atoms with Gasteiger partial charge in [-0.15, -0.1) is 0 Å². The van der Waals surface area contributed by atoms with E-state index in [4.69, 9.17) is 0 Å². The molecule has 0 aliphatic heterocycles. The molecule has 0 aromatic heterocycles. The van der Waals surface area contributed by atoms with Crippen LogP contribution in [0.1, 0.15) is 5.56 Å². The van der Waals surface area contributed by atoms with Crippen LogP contribution < -0.4 is 5.32 Å². The Bertz CT molecular complexity index is 617. The third-order valence-electron chi connectivity index (χ3n) is 2.81. The van der Waals surface area contributed by atoms with Crippen molar-refractivity contribution in [2.75, 3.05) is 11.9 Å². The molecular weight excluding hydrogens is 327 g/mol. The van der Waals surface area contributed by atoms with Gasteiger partial charge in [0.05, 0.1) is 9.40 Å². The molecule has 2 aromatic rings. The molecule has 0 aliphatic carbocycles. The van der Waals surface area contributed by atoms with Crippen molar-refractivity contribution in [3.63, 3.8) is 0 Å². The molecular formula is C14H12BrFN2O2. The Labute approximate surface area is 123 Å². The highest BCUT2D eigenvalue weighted by Gasteiger charge is 2.04. The summed E-state index contributed by atoms with van der Waals surface area (Å²) in [5, 5.41) is 13.7. The first-order chi connectivity index (χ1) is 9.56. The summed E-state index contributed by atoms with van der Waals surface area (Å²) in [5.41, 5.74) is 1.91. The molecule has 0 bridgehead atoms. The molecule has 0 spiro atoms.